The molecule has 0 fully saturated rings. The molecule has 0 aromatic heterocycles. The molecule has 2 aromatic carbocycles. The number of esters is 1. The third-order valence-corrected chi connectivity index (χ3v) is 4.60. The van der Waals surface area contributed by atoms with Crippen molar-refractivity contribution in [1.29, 1.82) is 0 Å². The highest BCUT2D eigenvalue weighted by Crippen LogP contribution is 2.23. The van der Waals surface area contributed by atoms with Crippen molar-refractivity contribution in [3.8, 4) is 0 Å². The average molecular weight is 440 g/mol. The molecule has 170 valence electrons. The maximum atomic E-state index is 12.6. The molecule has 0 radical (unpaired) electrons. The van der Waals surface area contributed by atoms with Gasteiger partial charge in [0.25, 0.3) is 5.91 Å². The Balaban J connectivity index is 2.08. The number of hydrogen-bond donors (Lipinski definition) is 4. The number of nitrogens with one attached hydrogen (secondary N) is 2. The van der Waals surface area contributed by atoms with E-state index < -0.39 is 23.8 Å². The Morgan fingerprint density at radius 3 is 2.53 bits per heavy atom. The first-order valence-electron chi connectivity index (χ1n) is 10.2. The molecule has 9 heteroatoms. The molecule has 0 spiro atoms. The fraction of sp³-hybridized carbons (Fsp3) is 0.304. The first kappa shape index (κ1) is 24.4. The van der Waals surface area contributed by atoms with Gasteiger partial charge >= 0.3 is 5.97 Å². The van der Waals surface area contributed by atoms with E-state index in [2.05, 4.69) is 15.6 Å². The molecule has 0 bridgehead atoms. The van der Waals surface area contributed by atoms with Crippen LogP contribution in [0.4, 0.5) is 5.69 Å². The molecule has 0 saturated carbocycles. The largest absolute Gasteiger partial charge is 0.466 e. The molecule has 0 saturated heterocycles. The van der Waals surface area contributed by atoms with Crippen molar-refractivity contribution in [3.63, 3.8) is 0 Å². The normalized spacial score (nSPS) is 11.2. The minimum absolute atomic E-state index is 0.0155. The Morgan fingerprint density at radius 1 is 1.09 bits per heavy atom. The predicted octanol–water partition coefficient (Wildman–Crippen LogP) is 1.75. The molecular weight excluding hydrogens is 410 g/mol. The van der Waals surface area contributed by atoms with Crippen LogP contribution in [0.5, 0.6) is 0 Å². The Hall–Kier alpha value is -3.88. The summed E-state index contributed by atoms with van der Waals surface area (Å²) in [5.41, 5.74) is 14.2. The van der Waals surface area contributed by atoms with Crippen LogP contribution < -0.4 is 22.1 Å². The standard InChI is InChI=1S/C23H29N5O4/c1-4-32-21(30)12-19(18-10-14(2)8-9-15(18)3)28-20(29)13-26-22(31)16-6-5-7-17(11-16)27-23(24)25/h5-11,19H,4,12-13H2,1-3H3,(H,26,31)(H,28,29)(H4,24,25,27). The van der Waals surface area contributed by atoms with Gasteiger partial charge in [-0.15, -0.1) is 0 Å². The summed E-state index contributed by atoms with van der Waals surface area (Å²) >= 11 is 0. The van der Waals surface area contributed by atoms with E-state index in [0.717, 1.165) is 16.7 Å². The zero-order valence-electron chi connectivity index (χ0n) is 18.5. The average Bonchev–Trinajstić information content (AvgIpc) is 2.73. The molecule has 9 nitrogen and oxygen atoms in total. The van der Waals surface area contributed by atoms with Crippen LogP contribution in [0, 0.1) is 13.8 Å². The first-order chi connectivity index (χ1) is 15.2. The van der Waals surface area contributed by atoms with Crippen molar-refractivity contribution in [2.75, 3.05) is 13.2 Å². The molecule has 1 unspecified atom stereocenters. The van der Waals surface area contributed by atoms with Crippen molar-refractivity contribution in [3.05, 3.63) is 64.7 Å². The Bertz CT molecular complexity index is 1020. The summed E-state index contributed by atoms with van der Waals surface area (Å²) in [4.78, 5) is 41.0. The van der Waals surface area contributed by atoms with Gasteiger partial charge in [0.05, 0.1) is 31.3 Å². The number of rotatable bonds is 9. The van der Waals surface area contributed by atoms with Crippen LogP contribution in [0.15, 0.2) is 47.5 Å². The number of guanidine groups is 1. The summed E-state index contributed by atoms with van der Waals surface area (Å²) in [7, 11) is 0. The maximum absolute atomic E-state index is 12.6. The smallest absolute Gasteiger partial charge is 0.308 e. The first-order valence-corrected chi connectivity index (χ1v) is 10.2. The lowest BCUT2D eigenvalue weighted by Gasteiger charge is -2.21. The molecule has 6 N–H and O–H groups in total. The molecule has 2 amide bonds. The number of carbonyl (C=O) groups is 3. The second kappa shape index (κ2) is 11.5. The number of benzene rings is 2. The topological polar surface area (TPSA) is 149 Å². The van der Waals surface area contributed by atoms with E-state index in [1.807, 2.05) is 32.0 Å². The summed E-state index contributed by atoms with van der Waals surface area (Å²) in [6.45, 7) is 5.55. The predicted molar refractivity (Wildman–Crippen MR) is 122 cm³/mol. The number of aryl methyl sites for hydroxylation is 2. The summed E-state index contributed by atoms with van der Waals surface area (Å²) in [5, 5.41) is 5.39. The molecule has 2 aromatic rings. The molecule has 32 heavy (non-hydrogen) atoms. The molecule has 0 aliphatic rings. The van der Waals surface area contributed by atoms with Crippen LogP contribution in [0.2, 0.25) is 0 Å². The van der Waals surface area contributed by atoms with Gasteiger partial charge in [0, 0.05) is 5.56 Å². The van der Waals surface area contributed by atoms with Gasteiger partial charge in [0.1, 0.15) is 0 Å². The molecule has 2 rings (SSSR count). The van der Waals surface area contributed by atoms with E-state index in [9.17, 15) is 14.4 Å². The van der Waals surface area contributed by atoms with Gasteiger partial charge in [-0.25, -0.2) is 4.99 Å². The van der Waals surface area contributed by atoms with Gasteiger partial charge in [0.2, 0.25) is 5.91 Å². The van der Waals surface area contributed by atoms with E-state index in [0.29, 0.717) is 11.3 Å². The van der Waals surface area contributed by atoms with E-state index >= 15 is 0 Å². The Labute approximate surface area is 187 Å². The van der Waals surface area contributed by atoms with Crippen LogP contribution in [-0.2, 0) is 14.3 Å². The highest BCUT2D eigenvalue weighted by Gasteiger charge is 2.21. The van der Waals surface area contributed by atoms with Crippen LogP contribution >= 0.6 is 0 Å². The van der Waals surface area contributed by atoms with Crippen molar-refractivity contribution in [1.82, 2.24) is 10.6 Å². The van der Waals surface area contributed by atoms with Crippen LogP contribution in [-0.4, -0.2) is 36.9 Å². The van der Waals surface area contributed by atoms with E-state index in [4.69, 9.17) is 16.2 Å². The molecule has 0 heterocycles. The minimum atomic E-state index is -0.580. The van der Waals surface area contributed by atoms with E-state index in [1.165, 1.54) is 6.07 Å². The van der Waals surface area contributed by atoms with Crippen molar-refractivity contribution in [2.24, 2.45) is 16.5 Å². The number of amides is 2. The fourth-order valence-electron chi connectivity index (χ4n) is 3.13. The number of aliphatic imine (C=N–C) groups is 1. The molecule has 0 aliphatic carbocycles. The fourth-order valence-corrected chi connectivity index (χ4v) is 3.13. The summed E-state index contributed by atoms with van der Waals surface area (Å²) < 4.78 is 5.05. The quantitative estimate of drug-likeness (QED) is 0.266. The third kappa shape index (κ3) is 7.42. The van der Waals surface area contributed by atoms with Crippen LogP contribution in [0.3, 0.4) is 0 Å². The van der Waals surface area contributed by atoms with Gasteiger partial charge in [-0.2, -0.15) is 0 Å². The van der Waals surface area contributed by atoms with Crippen LogP contribution in [0.1, 0.15) is 46.4 Å². The summed E-state index contributed by atoms with van der Waals surface area (Å²) in [6.07, 6.45) is -0.0155. The second-order valence-electron chi connectivity index (χ2n) is 7.26. The number of hydrogen-bond acceptors (Lipinski definition) is 5. The van der Waals surface area contributed by atoms with Crippen molar-refractivity contribution < 1.29 is 19.1 Å². The maximum Gasteiger partial charge on any atom is 0.308 e. The number of ether oxygens (including phenoxy) is 1. The molecular formula is C23H29N5O4. The van der Waals surface area contributed by atoms with Crippen molar-refractivity contribution in [2.45, 2.75) is 33.2 Å². The monoisotopic (exact) mass is 439 g/mol. The highest BCUT2D eigenvalue weighted by molar-refractivity contribution is 5.97. The summed E-state index contributed by atoms with van der Waals surface area (Å²) in [5.74, 6) is -1.43. The number of nitrogens with two attached hydrogens (primary N) is 2. The van der Waals surface area contributed by atoms with E-state index in [1.54, 1.807) is 25.1 Å². The van der Waals surface area contributed by atoms with Gasteiger partial charge in [-0.1, -0.05) is 29.8 Å². The lowest BCUT2D eigenvalue weighted by molar-refractivity contribution is -0.143. The van der Waals surface area contributed by atoms with Crippen LogP contribution in [0.25, 0.3) is 0 Å². The van der Waals surface area contributed by atoms with Gasteiger partial charge in [-0.3, -0.25) is 14.4 Å². The summed E-state index contributed by atoms with van der Waals surface area (Å²) in [6, 6.07) is 11.6. The van der Waals surface area contributed by atoms with E-state index in [-0.39, 0.29) is 25.5 Å². The number of nitrogens with zero attached hydrogens (tertiary/aromatic N) is 1. The Kier molecular flexibility index (Phi) is 8.76. The van der Waals surface area contributed by atoms with Gasteiger partial charge in [-0.05, 0) is 50.1 Å². The SMILES string of the molecule is CCOC(=O)CC(NC(=O)CNC(=O)c1cccc(N=C(N)N)c1)c1cc(C)ccc1C. The lowest BCUT2D eigenvalue weighted by atomic mass is 9.96. The molecule has 0 aliphatic heterocycles. The van der Waals surface area contributed by atoms with Crippen molar-refractivity contribution >= 4 is 29.4 Å². The third-order valence-electron chi connectivity index (χ3n) is 4.60. The highest BCUT2D eigenvalue weighted by atomic mass is 16.5. The minimum Gasteiger partial charge on any atom is -0.466 e. The van der Waals surface area contributed by atoms with Gasteiger partial charge < -0.3 is 26.8 Å². The lowest BCUT2D eigenvalue weighted by Crippen LogP contribution is -2.39. The Morgan fingerprint density at radius 2 is 1.84 bits per heavy atom. The zero-order chi connectivity index (χ0) is 23.7. The molecule has 1 atom stereocenters. The van der Waals surface area contributed by atoms with Gasteiger partial charge in [0.15, 0.2) is 5.96 Å². The number of carbonyl (C=O) groups excluding carboxylic acids is 3. The zero-order valence-corrected chi connectivity index (χ0v) is 18.5. The second-order valence-corrected chi connectivity index (χ2v) is 7.26.